The standard InChI is InChI=1S/C17H17N3O3S/c1-9(2)23-11-5-3-10(4-6-11)20-12-7-8-19-16-13(12)14(18)15(24-16)17(21)22/h3-9H,18H2,1-2H3,(H,19,20)(H,21,22). The van der Waals surface area contributed by atoms with Crippen LogP contribution in [-0.4, -0.2) is 22.2 Å². The van der Waals surface area contributed by atoms with Crippen molar-refractivity contribution in [1.29, 1.82) is 0 Å². The van der Waals surface area contributed by atoms with Crippen molar-refractivity contribution in [3.05, 3.63) is 41.4 Å². The monoisotopic (exact) mass is 343 g/mol. The maximum absolute atomic E-state index is 11.3. The minimum atomic E-state index is -1.04. The van der Waals surface area contributed by atoms with Crippen LogP contribution in [0.3, 0.4) is 0 Å². The highest BCUT2D eigenvalue weighted by Crippen LogP contribution is 2.38. The SMILES string of the molecule is CC(C)Oc1ccc(Nc2ccnc3sc(C(=O)O)c(N)c23)cc1. The van der Waals surface area contributed by atoms with E-state index in [0.717, 1.165) is 28.5 Å². The fraction of sp³-hybridized carbons (Fsp3) is 0.176. The number of anilines is 3. The molecule has 6 nitrogen and oxygen atoms in total. The number of pyridine rings is 1. The number of aromatic carboxylic acids is 1. The molecule has 24 heavy (non-hydrogen) atoms. The number of nitrogens with zero attached hydrogens (tertiary/aromatic N) is 1. The number of nitrogens with one attached hydrogen (secondary N) is 1. The van der Waals surface area contributed by atoms with Crippen LogP contribution in [0, 0.1) is 0 Å². The first-order chi connectivity index (χ1) is 11.5. The highest BCUT2D eigenvalue weighted by molar-refractivity contribution is 7.21. The van der Waals surface area contributed by atoms with E-state index in [-0.39, 0.29) is 16.7 Å². The molecule has 2 heterocycles. The average Bonchev–Trinajstić information content (AvgIpc) is 2.87. The number of carboxylic acid groups (broad SMARTS) is 1. The minimum Gasteiger partial charge on any atom is -0.491 e. The number of carbonyl (C=O) groups is 1. The van der Waals surface area contributed by atoms with Crippen LogP contribution in [0.4, 0.5) is 17.1 Å². The Morgan fingerprint density at radius 3 is 2.62 bits per heavy atom. The normalized spacial score (nSPS) is 11.0. The quantitative estimate of drug-likeness (QED) is 0.645. The van der Waals surface area contributed by atoms with Gasteiger partial charge in [-0.25, -0.2) is 9.78 Å². The molecule has 1 aromatic carbocycles. The molecule has 2 aromatic heterocycles. The number of benzene rings is 1. The van der Waals surface area contributed by atoms with E-state index in [1.807, 2.05) is 38.1 Å². The van der Waals surface area contributed by atoms with E-state index in [4.69, 9.17) is 10.5 Å². The lowest BCUT2D eigenvalue weighted by atomic mass is 10.2. The molecule has 0 atom stereocenters. The van der Waals surface area contributed by atoms with E-state index in [1.165, 1.54) is 0 Å². The van der Waals surface area contributed by atoms with E-state index in [1.54, 1.807) is 12.3 Å². The van der Waals surface area contributed by atoms with Gasteiger partial charge in [-0.05, 0) is 44.2 Å². The second-order valence-electron chi connectivity index (χ2n) is 5.50. The highest BCUT2D eigenvalue weighted by Gasteiger charge is 2.18. The zero-order chi connectivity index (χ0) is 17.3. The van der Waals surface area contributed by atoms with Gasteiger partial charge in [-0.2, -0.15) is 0 Å². The molecule has 0 saturated carbocycles. The van der Waals surface area contributed by atoms with Crippen molar-refractivity contribution >= 4 is 44.6 Å². The van der Waals surface area contributed by atoms with Crippen LogP contribution >= 0.6 is 11.3 Å². The third-order valence-electron chi connectivity index (χ3n) is 3.33. The van der Waals surface area contributed by atoms with E-state index in [0.29, 0.717) is 10.2 Å². The number of thiophene rings is 1. The van der Waals surface area contributed by atoms with Crippen molar-refractivity contribution in [2.75, 3.05) is 11.1 Å². The summed E-state index contributed by atoms with van der Waals surface area (Å²) < 4.78 is 5.62. The molecule has 0 aliphatic rings. The van der Waals surface area contributed by atoms with E-state index < -0.39 is 5.97 Å². The Hall–Kier alpha value is -2.80. The average molecular weight is 343 g/mol. The largest absolute Gasteiger partial charge is 0.491 e. The van der Waals surface area contributed by atoms with Crippen molar-refractivity contribution in [2.45, 2.75) is 20.0 Å². The highest BCUT2D eigenvalue weighted by atomic mass is 32.1. The summed E-state index contributed by atoms with van der Waals surface area (Å²) in [6, 6.07) is 9.31. The molecule has 7 heteroatoms. The second-order valence-corrected chi connectivity index (χ2v) is 6.50. The number of aromatic nitrogens is 1. The zero-order valence-electron chi connectivity index (χ0n) is 13.2. The first-order valence-electron chi connectivity index (χ1n) is 7.39. The van der Waals surface area contributed by atoms with Crippen LogP contribution in [0.15, 0.2) is 36.5 Å². The van der Waals surface area contributed by atoms with Gasteiger partial charge in [-0.1, -0.05) is 0 Å². The van der Waals surface area contributed by atoms with Crippen molar-refractivity contribution in [3.8, 4) is 5.75 Å². The third kappa shape index (κ3) is 3.11. The predicted molar refractivity (Wildman–Crippen MR) is 96.5 cm³/mol. The first kappa shape index (κ1) is 16.1. The van der Waals surface area contributed by atoms with Gasteiger partial charge >= 0.3 is 5.97 Å². The summed E-state index contributed by atoms with van der Waals surface area (Å²) in [6.07, 6.45) is 1.74. The number of nitrogens with two attached hydrogens (primary N) is 1. The van der Waals surface area contributed by atoms with Crippen molar-refractivity contribution < 1.29 is 14.6 Å². The molecule has 0 unspecified atom stereocenters. The van der Waals surface area contributed by atoms with Crippen molar-refractivity contribution in [3.63, 3.8) is 0 Å². The summed E-state index contributed by atoms with van der Waals surface area (Å²) in [5.74, 6) is -0.254. The molecule has 0 fully saturated rings. The lowest BCUT2D eigenvalue weighted by Gasteiger charge is -2.12. The first-order valence-corrected chi connectivity index (χ1v) is 8.21. The predicted octanol–water partition coefficient (Wildman–Crippen LogP) is 4.11. The molecule has 0 saturated heterocycles. The Balaban J connectivity index is 1.94. The molecular weight excluding hydrogens is 326 g/mol. The smallest absolute Gasteiger partial charge is 0.348 e. The van der Waals surface area contributed by atoms with Crippen LogP contribution in [0.25, 0.3) is 10.2 Å². The van der Waals surface area contributed by atoms with E-state index >= 15 is 0 Å². The summed E-state index contributed by atoms with van der Waals surface area (Å²) in [6.45, 7) is 3.94. The van der Waals surface area contributed by atoms with E-state index in [9.17, 15) is 9.90 Å². The summed E-state index contributed by atoms with van der Waals surface area (Å²) >= 11 is 1.07. The number of ether oxygens (including phenoxy) is 1. The third-order valence-corrected chi connectivity index (χ3v) is 4.43. The molecular formula is C17H17N3O3S. The number of fused-ring (bicyclic) bond motifs is 1. The molecule has 0 aliphatic heterocycles. The van der Waals surface area contributed by atoms with Crippen LogP contribution < -0.4 is 15.8 Å². The summed E-state index contributed by atoms with van der Waals surface area (Å²) in [7, 11) is 0. The van der Waals surface area contributed by atoms with E-state index in [2.05, 4.69) is 10.3 Å². The Morgan fingerprint density at radius 2 is 2.00 bits per heavy atom. The Morgan fingerprint density at radius 1 is 1.29 bits per heavy atom. The van der Waals surface area contributed by atoms with Crippen molar-refractivity contribution in [2.24, 2.45) is 0 Å². The fourth-order valence-corrected chi connectivity index (χ4v) is 3.28. The van der Waals surface area contributed by atoms with Gasteiger partial charge in [0.15, 0.2) is 0 Å². The van der Waals surface area contributed by atoms with Crippen LogP contribution in [0.2, 0.25) is 0 Å². The molecule has 3 aromatic rings. The molecule has 0 radical (unpaired) electrons. The Labute approximate surface area is 142 Å². The molecule has 0 bridgehead atoms. The molecule has 0 amide bonds. The van der Waals surface area contributed by atoms with Gasteiger partial charge in [0, 0.05) is 11.9 Å². The topological polar surface area (TPSA) is 97.5 Å². The fourth-order valence-electron chi connectivity index (χ4n) is 2.35. The van der Waals surface area contributed by atoms with Gasteiger partial charge < -0.3 is 20.9 Å². The summed E-state index contributed by atoms with van der Waals surface area (Å²) in [5, 5.41) is 13.1. The second kappa shape index (κ2) is 6.37. The molecule has 0 spiro atoms. The van der Waals surface area contributed by atoms with Gasteiger partial charge in [-0.15, -0.1) is 11.3 Å². The number of hydrogen-bond donors (Lipinski definition) is 3. The molecule has 0 aliphatic carbocycles. The zero-order valence-corrected chi connectivity index (χ0v) is 14.1. The van der Waals surface area contributed by atoms with Crippen LogP contribution in [-0.2, 0) is 0 Å². The number of carboxylic acids is 1. The number of rotatable bonds is 5. The molecule has 124 valence electrons. The molecule has 4 N–H and O–H groups in total. The lowest BCUT2D eigenvalue weighted by molar-refractivity contribution is 0.0703. The maximum Gasteiger partial charge on any atom is 0.348 e. The van der Waals surface area contributed by atoms with Crippen LogP contribution in [0.5, 0.6) is 5.75 Å². The number of nitrogen functional groups attached to an aromatic ring is 1. The Kier molecular flexibility index (Phi) is 4.26. The summed E-state index contributed by atoms with van der Waals surface area (Å²) in [5.41, 5.74) is 7.81. The van der Waals surface area contributed by atoms with Gasteiger partial charge in [0.05, 0.1) is 22.9 Å². The summed E-state index contributed by atoms with van der Waals surface area (Å²) in [4.78, 5) is 16.2. The lowest BCUT2D eigenvalue weighted by Crippen LogP contribution is -2.05. The van der Waals surface area contributed by atoms with Gasteiger partial charge in [-0.3, -0.25) is 0 Å². The van der Waals surface area contributed by atoms with Gasteiger partial charge in [0.1, 0.15) is 15.5 Å². The van der Waals surface area contributed by atoms with Crippen molar-refractivity contribution in [1.82, 2.24) is 4.98 Å². The number of hydrogen-bond acceptors (Lipinski definition) is 6. The van der Waals surface area contributed by atoms with Crippen LogP contribution in [0.1, 0.15) is 23.5 Å². The van der Waals surface area contributed by atoms with Gasteiger partial charge in [0.25, 0.3) is 0 Å². The Bertz CT molecular complexity index is 888. The minimum absolute atomic E-state index is 0.104. The maximum atomic E-state index is 11.3. The molecule has 3 rings (SSSR count). The van der Waals surface area contributed by atoms with Gasteiger partial charge in [0.2, 0.25) is 0 Å².